The molecular formula is C13H13FN2O2S. The van der Waals surface area contributed by atoms with Crippen molar-refractivity contribution in [3.8, 4) is 5.75 Å². The van der Waals surface area contributed by atoms with E-state index in [0.717, 1.165) is 17.0 Å². The van der Waals surface area contributed by atoms with Gasteiger partial charge in [0, 0.05) is 17.6 Å². The molecule has 0 saturated carbocycles. The SMILES string of the molecule is Fc1cc(OCc2nccs2)cc([C@H]2CCON2)c1. The minimum atomic E-state index is -0.305. The molecule has 1 fully saturated rings. The first-order chi connectivity index (χ1) is 9.31. The quantitative estimate of drug-likeness (QED) is 0.935. The van der Waals surface area contributed by atoms with E-state index in [2.05, 4.69) is 10.5 Å². The Labute approximate surface area is 114 Å². The number of nitrogens with one attached hydrogen (secondary N) is 1. The Hall–Kier alpha value is -1.50. The van der Waals surface area contributed by atoms with Crippen molar-refractivity contribution in [1.29, 1.82) is 0 Å². The maximum Gasteiger partial charge on any atom is 0.140 e. The van der Waals surface area contributed by atoms with E-state index < -0.39 is 0 Å². The van der Waals surface area contributed by atoms with Gasteiger partial charge >= 0.3 is 0 Å². The number of aromatic nitrogens is 1. The van der Waals surface area contributed by atoms with Crippen molar-refractivity contribution < 1.29 is 14.0 Å². The van der Waals surface area contributed by atoms with Crippen LogP contribution in [0.25, 0.3) is 0 Å². The Morgan fingerprint density at radius 3 is 3.16 bits per heavy atom. The minimum Gasteiger partial charge on any atom is -0.486 e. The maximum atomic E-state index is 13.6. The Morgan fingerprint density at radius 2 is 2.42 bits per heavy atom. The molecule has 0 aliphatic carbocycles. The lowest BCUT2D eigenvalue weighted by Crippen LogP contribution is -2.11. The lowest BCUT2D eigenvalue weighted by atomic mass is 10.1. The smallest absolute Gasteiger partial charge is 0.140 e. The lowest BCUT2D eigenvalue weighted by molar-refractivity contribution is 0.0882. The summed E-state index contributed by atoms with van der Waals surface area (Å²) in [6.07, 6.45) is 2.55. The Kier molecular flexibility index (Phi) is 3.72. The van der Waals surface area contributed by atoms with Gasteiger partial charge in [-0.15, -0.1) is 11.3 Å². The molecule has 1 aliphatic heterocycles. The van der Waals surface area contributed by atoms with Crippen molar-refractivity contribution in [2.75, 3.05) is 6.61 Å². The Balaban J connectivity index is 1.73. The van der Waals surface area contributed by atoms with Crippen LogP contribution in [0.4, 0.5) is 4.39 Å². The molecule has 0 bridgehead atoms. The summed E-state index contributed by atoms with van der Waals surface area (Å²) in [6, 6.07) is 4.75. The van der Waals surface area contributed by atoms with Gasteiger partial charge in [0.15, 0.2) is 0 Å². The van der Waals surface area contributed by atoms with E-state index in [9.17, 15) is 4.39 Å². The average molecular weight is 280 g/mol. The summed E-state index contributed by atoms with van der Waals surface area (Å²) in [5.41, 5.74) is 3.70. The van der Waals surface area contributed by atoms with Gasteiger partial charge < -0.3 is 9.57 Å². The molecule has 1 aromatic heterocycles. The largest absolute Gasteiger partial charge is 0.486 e. The molecule has 6 heteroatoms. The summed E-state index contributed by atoms with van der Waals surface area (Å²) in [4.78, 5) is 9.21. The lowest BCUT2D eigenvalue weighted by Gasteiger charge is -2.11. The zero-order valence-electron chi connectivity index (χ0n) is 10.1. The highest BCUT2D eigenvalue weighted by molar-refractivity contribution is 7.09. The van der Waals surface area contributed by atoms with E-state index in [0.29, 0.717) is 19.0 Å². The second-order valence-corrected chi connectivity index (χ2v) is 5.22. The van der Waals surface area contributed by atoms with E-state index in [1.54, 1.807) is 6.20 Å². The van der Waals surface area contributed by atoms with Crippen LogP contribution in [0, 0.1) is 5.82 Å². The van der Waals surface area contributed by atoms with Gasteiger partial charge in [-0.05, 0) is 24.1 Å². The highest BCUT2D eigenvalue weighted by Gasteiger charge is 2.18. The molecule has 0 radical (unpaired) electrons. The van der Waals surface area contributed by atoms with Gasteiger partial charge in [-0.25, -0.2) is 9.37 Å². The number of thiazole rings is 1. The first kappa shape index (κ1) is 12.5. The van der Waals surface area contributed by atoms with Crippen molar-refractivity contribution in [1.82, 2.24) is 10.5 Å². The molecule has 1 saturated heterocycles. The molecular weight excluding hydrogens is 267 g/mol. The number of hydrogen-bond donors (Lipinski definition) is 1. The van der Waals surface area contributed by atoms with Crippen molar-refractivity contribution in [2.45, 2.75) is 19.1 Å². The third-order valence-electron chi connectivity index (χ3n) is 2.88. The molecule has 4 nitrogen and oxygen atoms in total. The Bertz CT molecular complexity index is 542. The van der Waals surface area contributed by atoms with Crippen LogP contribution in [0.3, 0.4) is 0 Å². The molecule has 1 atom stereocenters. The fourth-order valence-electron chi connectivity index (χ4n) is 1.97. The second kappa shape index (κ2) is 5.64. The van der Waals surface area contributed by atoms with Crippen molar-refractivity contribution in [3.05, 3.63) is 46.2 Å². The van der Waals surface area contributed by atoms with Crippen LogP contribution < -0.4 is 10.2 Å². The third-order valence-corrected chi connectivity index (χ3v) is 3.63. The predicted octanol–water partition coefficient (Wildman–Crippen LogP) is 2.83. The van der Waals surface area contributed by atoms with E-state index in [-0.39, 0.29) is 11.9 Å². The van der Waals surface area contributed by atoms with Crippen LogP contribution in [0.2, 0.25) is 0 Å². The number of rotatable bonds is 4. The van der Waals surface area contributed by atoms with Crippen LogP contribution in [0.5, 0.6) is 5.75 Å². The molecule has 1 N–H and O–H groups in total. The molecule has 0 spiro atoms. The van der Waals surface area contributed by atoms with Gasteiger partial charge in [-0.1, -0.05) is 0 Å². The summed E-state index contributed by atoms with van der Waals surface area (Å²) in [6.45, 7) is 0.992. The van der Waals surface area contributed by atoms with Gasteiger partial charge in [-0.2, -0.15) is 5.48 Å². The van der Waals surface area contributed by atoms with Crippen LogP contribution in [-0.4, -0.2) is 11.6 Å². The van der Waals surface area contributed by atoms with Crippen LogP contribution in [0.1, 0.15) is 23.0 Å². The van der Waals surface area contributed by atoms with Gasteiger partial charge in [0.1, 0.15) is 23.2 Å². The first-order valence-corrected chi connectivity index (χ1v) is 6.88. The second-order valence-electron chi connectivity index (χ2n) is 4.24. The van der Waals surface area contributed by atoms with E-state index >= 15 is 0 Å². The fraction of sp³-hybridized carbons (Fsp3) is 0.308. The number of hydrogen-bond acceptors (Lipinski definition) is 5. The number of halogens is 1. The normalized spacial score (nSPS) is 18.7. The third kappa shape index (κ3) is 3.09. The molecule has 0 unspecified atom stereocenters. The van der Waals surface area contributed by atoms with Crippen molar-refractivity contribution >= 4 is 11.3 Å². The monoisotopic (exact) mass is 280 g/mol. The zero-order chi connectivity index (χ0) is 13.1. The first-order valence-electron chi connectivity index (χ1n) is 6.00. The molecule has 1 aliphatic rings. The molecule has 2 heterocycles. The summed E-state index contributed by atoms with van der Waals surface area (Å²) < 4.78 is 19.2. The number of benzene rings is 1. The molecule has 19 heavy (non-hydrogen) atoms. The molecule has 100 valence electrons. The van der Waals surface area contributed by atoms with E-state index in [4.69, 9.17) is 9.57 Å². The molecule has 2 aromatic rings. The van der Waals surface area contributed by atoms with Crippen LogP contribution >= 0.6 is 11.3 Å². The van der Waals surface area contributed by atoms with E-state index in [1.165, 1.54) is 23.5 Å². The Morgan fingerprint density at radius 1 is 1.47 bits per heavy atom. The molecule has 0 amide bonds. The highest BCUT2D eigenvalue weighted by atomic mass is 32.1. The molecule has 1 aromatic carbocycles. The van der Waals surface area contributed by atoms with Crippen molar-refractivity contribution in [2.24, 2.45) is 0 Å². The standard InChI is InChI=1S/C13H13FN2O2S/c14-10-5-9(12-1-3-18-16-12)6-11(7-10)17-8-13-15-2-4-19-13/h2,4-7,12,16H,1,3,8H2/t12-/m1/s1. The van der Waals surface area contributed by atoms with Crippen LogP contribution in [0.15, 0.2) is 29.8 Å². The van der Waals surface area contributed by atoms with Gasteiger partial charge in [-0.3, -0.25) is 0 Å². The van der Waals surface area contributed by atoms with Gasteiger partial charge in [0.05, 0.1) is 12.6 Å². The molecule has 3 rings (SSSR count). The number of ether oxygens (including phenoxy) is 1. The van der Waals surface area contributed by atoms with E-state index in [1.807, 2.05) is 11.4 Å². The predicted molar refractivity (Wildman–Crippen MR) is 69.3 cm³/mol. The van der Waals surface area contributed by atoms with Crippen LogP contribution in [-0.2, 0) is 11.4 Å². The summed E-state index contributed by atoms with van der Waals surface area (Å²) >= 11 is 1.51. The van der Waals surface area contributed by atoms with Gasteiger partial charge in [0.2, 0.25) is 0 Å². The number of nitrogens with zero attached hydrogens (tertiary/aromatic N) is 1. The van der Waals surface area contributed by atoms with Crippen molar-refractivity contribution in [3.63, 3.8) is 0 Å². The number of hydroxylamine groups is 1. The summed E-state index contributed by atoms with van der Waals surface area (Å²) in [7, 11) is 0. The highest BCUT2D eigenvalue weighted by Crippen LogP contribution is 2.26. The maximum absolute atomic E-state index is 13.6. The summed E-state index contributed by atoms with van der Waals surface area (Å²) in [5, 5.41) is 2.75. The summed E-state index contributed by atoms with van der Waals surface area (Å²) in [5.74, 6) is 0.208. The van der Waals surface area contributed by atoms with Gasteiger partial charge in [0.25, 0.3) is 0 Å². The zero-order valence-corrected chi connectivity index (χ0v) is 11.0. The fourth-order valence-corrected chi connectivity index (χ4v) is 2.50. The minimum absolute atomic E-state index is 0.0258. The topological polar surface area (TPSA) is 43.4 Å². The average Bonchev–Trinajstić information content (AvgIpc) is 3.09.